The minimum absolute atomic E-state index is 0.159. The summed E-state index contributed by atoms with van der Waals surface area (Å²) in [5.41, 5.74) is 0. The minimum atomic E-state index is -0.283. The second-order valence-corrected chi connectivity index (χ2v) is 4.42. The van der Waals surface area contributed by atoms with Crippen molar-refractivity contribution in [3.8, 4) is 0 Å². The monoisotopic (exact) mass is 224 g/mol. The molecule has 0 aliphatic carbocycles. The molecule has 0 aromatic carbocycles. The van der Waals surface area contributed by atoms with Crippen molar-refractivity contribution in [1.29, 1.82) is 0 Å². The summed E-state index contributed by atoms with van der Waals surface area (Å²) in [5, 5.41) is 0. The summed E-state index contributed by atoms with van der Waals surface area (Å²) in [4.78, 5) is 22.1. The first-order valence-electron chi connectivity index (χ1n) is 6.01. The summed E-state index contributed by atoms with van der Waals surface area (Å²) < 4.78 is 5.15. The van der Waals surface area contributed by atoms with E-state index in [0.29, 0.717) is 6.42 Å². The standard InChI is InChI=1S/C13H20O3/c1-3-4-5-6-11(9-10(2)14)12-7-8-13(15)16-12/h7-8,11-12H,3-6,9H2,1-2H3/t11-,12+/m1/s1. The lowest BCUT2D eigenvalue weighted by Gasteiger charge is -2.20. The van der Waals surface area contributed by atoms with Crippen molar-refractivity contribution < 1.29 is 14.3 Å². The molecule has 0 unspecified atom stereocenters. The lowest BCUT2D eigenvalue weighted by molar-refractivity contribution is -0.141. The highest BCUT2D eigenvalue weighted by atomic mass is 16.5. The zero-order valence-corrected chi connectivity index (χ0v) is 10.1. The van der Waals surface area contributed by atoms with E-state index in [4.69, 9.17) is 4.74 Å². The van der Waals surface area contributed by atoms with E-state index in [1.165, 1.54) is 12.5 Å². The largest absolute Gasteiger partial charge is 0.455 e. The molecular formula is C13H20O3. The van der Waals surface area contributed by atoms with Gasteiger partial charge in [-0.1, -0.05) is 26.2 Å². The first-order chi connectivity index (χ1) is 7.63. The van der Waals surface area contributed by atoms with Gasteiger partial charge in [-0.3, -0.25) is 0 Å². The van der Waals surface area contributed by atoms with E-state index in [2.05, 4.69) is 6.92 Å². The molecule has 90 valence electrons. The minimum Gasteiger partial charge on any atom is -0.455 e. The summed E-state index contributed by atoms with van der Waals surface area (Å²) in [7, 11) is 0. The molecule has 0 spiro atoms. The molecule has 0 radical (unpaired) electrons. The first-order valence-corrected chi connectivity index (χ1v) is 6.01. The third-order valence-corrected chi connectivity index (χ3v) is 2.87. The van der Waals surface area contributed by atoms with Crippen molar-refractivity contribution in [2.75, 3.05) is 0 Å². The zero-order valence-electron chi connectivity index (χ0n) is 10.1. The van der Waals surface area contributed by atoms with Crippen molar-refractivity contribution in [2.45, 2.75) is 52.1 Å². The Morgan fingerprint density at radius 1 is 1.50 bits per heavy atom. The van der Waals surface area contributed by atoms with Gasteiger partial charge < -0.3 is 9.53 Å². The number of esters is 1. The highest BCUT2D eigenvalue weighted by Gasteiger charge is 2.26. The molecule has 0 fully saturated rings. The SMILES string of the molecule is CCCCC[C@H](CC(C)=O)[C@@H]1C=CC(=O)O1. The van der Waals surface area contributed by atoms with Gasteiger partial charge in [0.1, 0.15) is 11.9 Å². The Bertz CT molecular complexity index is 281. The maximum absolute atomic E-state index is 11.2. The molecule has 16 heavy (non-hydrogen) atoms. The summed E-state index contributed by atoms with van der Waals surface area (Å²) in [6.45, 7) is 3.74. The highest BCUT2D eigenvalue weighted by molar-refractivity contribution is 5.84. The van der Waals surface area contributed by atoms with Gasteiger partial charge in [-0.05, 0) is 19.4 Å². The highest BCUT2D eigenvalue weighted by Crippen LogP contribution is 2.24. The summed E-state index contributed by atoms with van der Waals surface area (Å²) in [6, 6.07) is 0. The van der Waals surface area contributed by atoms with Crippen LogP contribution in [0.3, 0.4) is 0 Å². The van der Waals surface area contributed by atoms with Crippen LogP contribution in [-0.2, 0) is 14.3 Å². The van der Waals surface area contributed by atoms with E-state index >= 15 is 0 Å². The van der Waals surface area contributed by atoms with Crippen molar-refractivity contribution in [2.24, 2.45) is 5.92 Å². The van der Waals surface area contributed by atoms with Crippen molar-refractivity contribution in [1.82, 2.24) is 0 Å². The van der Waals surface area contributed by atoms with Crippen molar-refractivity contribution in [3.05, 3.63) is 12.2 Å². The number of carbonyl (C=O) groups excluding carboxylic acids is 2. The predicted molar refractivity (Wildman–Crippen MR) is 62.0 cm³/mol. The van der Waals surface area contributed by atoms with Crippen LogP contribution < -0.4 is 0 Å². The molecule has 0 amide bonds. The molecule has 0 bridgehead atoms. The second-order valence-electron chi connectivity index (χ2n) is 4.42. The number of carbonyl (C=O) groups is 2. The van der Waals surface area contributed by atoms with Crippen LogP contribution in [0.4, 0.5) is 0 Å². The Labute approximate surface area is 96.9 Å². The molecule has 2 atom stereocenters. The van der Waals surface area contributed by atoms with E-state index in [0.717, 1.165) is 19.3 Å². The fourth-order valence-electron chi connectivity index (χ4n) is 2.05. The van der Waals surface area contributed by atoms with Crippen molar-refractivity contribution in [3.63, 3.8) is 0 Å². The van der Waals surface area contributed by atoms with Gasteiger partial charge in [0.2, 0.25) is 0 Å². The topological polar surface area (TPSA) is 43.4 Å². The van der Waals surface area contributed by atoms with Crippen LogP contribution in [0.1, 0.15) is 46.0 Å². The van der Waals surface area contributed by atoms with Crippen LogP contribution in [0.5, 0.6) is 0 Å². The molecule has 0 saturated carbocycles. The quantitative estimate of drug-likeness (QED) is 0.493. The zero-order chi connectivity index (χ0) is 12.0. The molecular weight excluding hydrogens is 204 g/mol. The van der Waals surface area contributed by atoms with Gasteiger partial charge in [0.25, 0.3) is 0 Å². The molecule has 1 heterocycles. The molecule has 1 aliphatic rings. The average molecular weight is 224 g/mol. The fraction of sp³-hybridized carbons (Fsp3) is 0.692. The molecule has 1 rings (SSSR count). The molecule has 0 aromatic rings. The molecule has 0 saturated heterocycles. The molecule has 3 nitrogen and oxygen atoms in total. The Balaban J connectivity index is 2.46. The number of Topliss-reactive ketones (excluding diaryl/α,β-unsaturated/α-hetero) is 1. The van der Waals surface area contributed by atoms with Crippen LogP contribution in [-0.4, -0.2) is 17.9 Å². The summed E-state index contributed by atoms with van der Waals surface area (Å²) in [5.74, 6) is 0.0404. The number of hydrogen-bond donors (Lipinski definition) is 0. The van der Waals surface area contributed by atoms with E-state index in [9.17, 15) is 9.59 Å². The van der Waals surface area contributed by atoms with Crippen LogP contribution in [0, 0.1) is 5.92 Å². The van der Waals surface area contributed by atoms with Gasteiger partial charge in [0.05, 0.1) is 0 Å². The van der Waals surface area contributed by atoms with Crippen molar-refractivity contribution >= 4 is 11.8 Å². The van der Waals surface area contributed by atoms with Gasteiger partial charge in [-0.2, -0.15) is 0 Å². The maximum atomic E-state index is 11.2. The number of hydrogen-bond acceptors (Lipinski definition) is 3. The summed E-state index contributed by atoms with van der Waals surface area (Å²) in [6.07, 6.45) is 7.93. The van der Waals surface area contributed by atoms with E-state index < -0.39 is 0 Å². The fourth-order valence-corrected chi connectivity index (χ4v) is 2.05. The smallest absolute Gasteiger partial charge is 0.331 e. The second kappa shape index (κ2) is 6.46. The Hall–Kier alpha value is -1.12. The molecule has 0 aromatic heterocycles. The van der Waals surface area contributed by atoms with Crippen LogP contribution in [0.2, 0.25) is 0 Å². The predicted octanol–water partition coefficient (Wildman–Crippen LogP) is 2.64. The van der Waals surface area contributed by atoms with Crippen LogP contribution in [0.25, 0.3) is 0 Å². The molecule has 1 aliphatic heterocycles. The average Bonchev–Trinajstić information content (AvgIpc) is 2.63. The Morgan fingerprint density at radius 3 is 2.75 bits per heavy atom. The van der Waals surface area contributed by atoms with Gasteiger partial charge in [-0.25, -0.2) is 4.79 Å². The summed E-state index contributed by atoms with van der Waals surface area (Å²) >= 11 is 0. The lowest BCUT2D eigenvalue weighted by atomic mass is 9.91. The normalized spacial score (nSPS) is 20.9. The van der Waals surface area contributed by atoms with Crippen LogP contribution in [0.15, 0.2) is 12.2 Å². The molecule has 0 N–H and O–H groups in total. The number of rotatable bonds is 7. The van der Waals surface area contributed by atoms with E-state index in [-0.39, 0.29) is 23.8 Å². The van der Waals surface area contributed by atoms with Gasteiger partial charge in [0.15, 0.2) is 0 Å². The number of unbranched alkanes of at least 4 members (excludes halogenated alkanes) is 2. The number of cyclic esters (lactones) is 1. The van der Waals surface area contributed by atoms with E-state index in [1.54, 1.807) is 13.0 Å². The number of ketones is 1. The van der Waals surface area contributed by atoms with Crippen LogP contribution >= 0.6 is 0 Å². The number of ether oxygens (including phenoxy) is 1. The third kappa shape index (κ3) is 4.17. The van der Waals surface area contributed by atoms with E-state index in [1.807, 2.05) is 0 Å². The van der Waals surface area contributed by atoms with Gasteiger partial charge in [0, 0.05) is 18.4 Å². The van der Waals surface area contributed by atoms with Gasteiger partial charge in [-0.15, -0.1) is 0 Å². The third-order valence-electron chi connectivity index (χ3n) is 2.87. The maximum Gasteiger partial charge on any atom is 0.331 e. The van der Waals surface area contributed by atoms with Gasteiger partial charge >= 0.3 is 5.97 Å². The Kier molecular flexibility index (Phi) is 5.23. The lowest BCUT2D eigenvalue weighted by Crippen LogP contribution is -2.22. The molecule has 3 heteroatoms. The Morgan fingerprint density at radius 2 is 2.25 bits per heavy atom. The first kappa shape index (κ1) is 12.9.